The highest BCUT2D eigenvalue weighted by Crippen LogP contribution is 2.06. The first-order valence-electron chi connectivity index (χ1n) is 5.62. The van der Waals surface area contributed by atoms with Gasteiger partial charge in [0.05, 0.1) is 18.8 Å². The van der Waals surface area contributed by atoms with E-state index in [0.717, 1.165) is 19.0 Å². The monoisotopic (exact) mass is 231 g/mol. The van der Waals surface area contributed by atoms with Gasteiger partial charge in [0.2, 0.25) is 0 Å². The molecule has 2 N–H and O–H groups in total. The Morgan fingerprint density at radius 1 is 1.25 bits per heavy atom. The molecule has 0 amide bonds. The molecule has 0 fully saturated rings. The highest BCUT2D eigenvalue weighted by atomic mass is 16.5. The van der Waals surface area contributed by atoms with E-state index in [4.69, 9.17) is 9.47 Å². The maximum atomic E-state index is 5.30. The van der Waals surface area contributed by atoms with Gasteiger partial charge >= 0.3 is 0 Å². The van der Waals surface area contributed by atoms with E-state index in [-0.39, 0.29) is 5.60 Å². The van der Waals surface area contributed by atoms with Crippen molar-refractivity contribution in [1.82, 2.24) is 10.6 Å². The summed E-state index contributed by atoms with van der Waals surface area (Å²) in [6.07, 6.45) is 0. The van der Waals surface area contributed by atoms with E-state index in [2.05, 4.69) is 15.6 Å². The van der Waals surface area contributed by atoms with Crippen LogP contribution in [0.5, 0.6) is 0 Å². The zero-order chi connectivity index (χ0) is 12.4. The van der Waals surface area contributed by atoms with Crippen molar-refractivity contribution < 1.29 is 9.47 Å². The summed E-state index contributed by atoms with van der Waals surface area (Å²) in [6, 6.07) is 0. The van der Waals surface area contributed by atoms with Crippen molar-refractivity contribution in [3.8, 4) is 0 Å². The fourth-order valence-electron chi connectivity index (χ4n) is 0.947. The second-order valence-corrected chi connectivity index (χ2v) is 4.08. The molecule has 0 unspecified atom stereocenters. The fraction of sp³-hybridized carbons (Fsp3) is 0.909. The van der Waals surface area contributed by atoms with Gasteiger partial charge in [-0.2, -0.15) is 0 Å². The lowest BCUT2D eigenvalue weighted by Gasteiger charge is -2.21. The van der Waals surface area contributed by atoms with Gasteiger partial charge < -0.3 is 20.1 Å². The first-order valence-corrected chi connectivity index (χ1v) is 5.62. The second kappa shape index (κ2) is 8.35. The van der Waals surface area contributed by atoms with E-state index >= 15 is 0 Å². The van der Waals surface area contributed by atoms with Crippen LogP contribution in [0.25, 0.3) is 0 Å². The molecule has 0 spiro atoms. The van der Waals surface area contributed by atoms with Crippen LogP contribution < -0.4 is 10.6 Å². The highest BCUT2D eigenvalue weighted by Gasteiger charge is 2.15. The number of methoxy groups -OCH3 is 2. The van der Waals surface area contributed by atoms with E-state index in [1.165, 1.54) is 0 Å². The number of aliphatic imine (C=N–C) groups is 1. The lowest BCUT2D eigenvalue weighted by atomic mass is 10.1. The van der Waals surface area contributed by atoms with Gasteiger partial charge in [-0.15, -0.1) is 0 Å². The standard InChI is InChI=1S/C11H25N3O2/c1-6-12-10(13-7-8-15-4)14-9-11(2,3)16-5/h6-9H2,1-5H3,(H2,12,13,14). The van der Waals surface area contributed by atoms with Crippen LogP contribution in [0, 0.1) is 0 Å². The van der Waals surface area contributed by atoms with Crippen LogP contribution in [0.2, 0.25) is 0 Å². The molecule has 16 heavy (non-hydrogen) atoms. The quantitative estimate of drug-likeness (QED) is 0.383. The SMILES string of the molecule is CCNC(=NCC(C)(C)OC)NCCOC. The minimum Gasteiger partial charge on any atom is -0.383 e. The summed E-state index contributed by atoms with van der Waals surface area (Å²) in [4.78, 5) is 4.44. The summed E-state index contributed by atoms with van der Waals surface area (Å²) in [6.45, 7) is 8.92. The zero-order valence-electron chi connectivity index (χ0n) is 11.1. The Morgan fingerprint density at radius 3 is 2.44 bits per heavy atom. The van der Waals surface area contributed by atoms with Gasteiger partial charge in [-0.25, -0.2) is 0 Å². The average molecular weight is 231 g/mol. The van der Waals surface area contributed by atoms with Gasteiger partial charge in [0.15, 0.2) is 5.96 Å². The molecule has 0 radical (unpaired) electrons. The molecule has 0 bridgehead atoms. The van der Waals surface area contributed by atoms with Crippen LogP contribution in [0.15, 0.2) is 4.99 Å². The Labute approximate surface area is 98.6 Å². The number of ether oxygens (including phenoxy) is 2. The number of hydrogen-bond acceptors (Lipinski definition) is 3. The van der Waals surface area contributed by atoms with Gasteiger partial charge in [0.1, 0.15) is 0 Å². The summed E-state index contributed by atoms with van der Waals surface area (Å²) in [7, 11) is 3.38. The highest BCUT2D eigenvalue weighted by molar-refractivity contribution is 5.79. The van der Waals surface area contributed by atoms with E-state index in [1.807, 2.05) is 20.8 Å². The molecule has 5 heteroatoms. The van der Waals surface area contributed by atoms with Crippen molar-refractivity contribution in [2.45, 2.75) is 26.4 Å². The number of nitrogens with one attached hydrogen (secondary N) is 2. The minimum absolute atomic E-state index is 0.233. The van der Waals surface area contributed by atoms with Crippen molar-refractivity contribution in [1.29, 1.82) is 0 Å². The van der Waals surface area contributed by atoms with E-state index < -0.39 is 0 Å². The molecule has 5 nitrogen and oxygen atoms in total. The molecule has 0 aromatic heterocycles. The molecular weight excluding hydrogens is 206 g/mol. The number of hydrogen-bond donors (Lipinski definition) is 2. The molecule has 0 saturated carbocycles. The van der Waals surface area contributed by atoms with Crippen LogP contribution in [-0.4, -0.2) is 52.0 Å². The maximum Gasteiger partial charge on any atom is 0.191 e. The second-order valence-electron chi connectivity index (χ2n) is 4.08. The van der Waals surface area contributed by atoms with Crippen LogP contribution in [0.3, 0.4) is 0 Å². The van der Waals surface area contributed by atoms with Crippen LogP contribution in [0.1, 0.15) is 20.8 Å². The van der Waals surface area contributed by atoms with Crippen molar-refractivity contribution in [3.05, 3.63) is 0 Å². The Morgan fingerprint density at radius 2 is 1.94 bits per heavy atom. The lowest BCUT2D eigenvalue weighted by Crippen LogP contribution is -2.40. The molecule has 0 aromatic carbocycles. The average Bonchev–Trinajstić information content (AvgIpc) is 2.26. The van der Waals surface area contributed by atoms with Gasteiger partial charge in [0.25, 0.3) is 0 Å². The Balaban J connectivity index is 4.12. The molecule has 0 rings (SSSR count). The Kier molecular flexibility index (Phi) is 7.93. The minimum atomic E-state index is -0.233. The summed E-state index contributed by atoms with van der Waals surface area (Å²) >= 11 is 0. The van der Waals surface area contributed by atoms with Crippen molar-refractivity contribution in [2.24, 2.45) is 4.99 Å². The third-order valence-corrected chi connectivity index (χ3v) is 2.11. The molecule has 0 aliphatic carbocycles. The van der Waals surface area contributed by atoms with Gasteiger partial charge in [-0.3, -0.25) is 4.99 Å². The molecule has 0 atom stereocenters. The number of guanidine groups is 1. The Bertz CT molecular complexity index is 205. The van der Waals surface area contributed by atoms with E-state index in [1.54, 1.807) is 14.2 Å². The number of rotatable bonds is 7. The van der Waals surface area contributed by atoms with E-state index in [0.29, 0.717) is 13.2 Å². The first-order chi connectivity index (χ1) is 7.55. The predicted molar refractivity (Wildman–Crippen MR) is 66.9 cm³/mol. The lowest BCUT2D eigenvalue weighted by molar-refractivity contribution is 0.0310. The summed E-state index contributed by atoms with van der Waals surface area (Å²) in [5.74, 6) is 0.796. The van der Waals surface area contributed by atoms with Crippen molar-refractivity contribution in [2.75, 3.05) is 40.5 Å². The smallest absolute Gasteiger partial charge is 0.191 e. The predicted octanol–water partition coefficient (Wildman–Crippen LogP) is 0.613. The van der Waals surface area contributed by atoms with Crippen molar-refractivity contribution >= 4 is 5.96 Å². The number of nitrogens with zero attached hydrogens (tertiary/aromatic N) is 1. The third-order valence-electron chi connectivity index (χ3n) is 2.11. The van der Waals surface area contributed by atoms with Gasteiger partial charge in [-0.1, -0.05) is 0 Å². The van der Waals surface area contributed by atoms with Crippen molar-refractivity contribution in [3.63, 3.8) is 0 Å². The van der Waals surface area contributed by atoms with E-state index in [9.17, 15) is 0 Å². The molecule has 0 aliphatic rings. The molecule has 0 saturated heterocycles. The molecule has 96 valence electrons. The molecular formula is C11H25N3O2. The topological polar surface area (TPSA) is 54.9 Å². The fourth-order valence-corrected chi connectivity index (χ4v) is 0.947. The Hall–Kier alpha value is -0.810. The summed E-state index contributed by atoms with van der Waals surface area (Å²) in [5.41, 5.74) is -0.233. The van der Waals surface area contributed by atoms with Crippen LogP contribution >= 0.6 is 0 Å². The molecule has 0 heterocycles. The maximum absolute atomic E-state index is 5.30. The normalized spacial score (nSPS) is 12.7. The van der Waals surface area contributed by atoms with Gasteiger partial charge in [0, 0.05) is 27.3 Å². The largest absolute Gasteiger partial charge is 0.383 e. The van der Waals surface area contributed by atoms with Crippen LogP contribution in [-0.2, 0) is 9.47 Å². The van der Waals surface area contributed by atoms with Gasteiger partial charge in [-0.05, 0) is 20.8 Å². The third kappa shape index (κ3) is 7.48. The van der Waals surface area contributed by atoms with Crippen LogP contribution in [0.4, 0.5) is 0 Å². The first kappa shape index (κ1) is 15.2. The summed E-state index contributed by atoms with van der Waals surface area (Å²) < 4.78 is 10.3. The molecule has 0 aromatic rings. The molecule has 0 aliphatic heterocycles. The summed E-state index contributed by atoms with van der Waals surface area (Å²) in [5, 5.41) is 6.34. The zero-order valence-corrected chi connectivity index (χ0v) is 11.1.